The van der Waals surface area contributed by atoms with Crippen LogP contribution in [0.2, 0.25) is 0 Å². The summed E-state index contributed by atoms with van der Waals surface area (Å²) in [5, 5.41) is 13.8. The Labute approximate surface area is 214 Å². The second-order valence-electron chi connectivity index (χ2n) is 10.8. The van der Waals surface area contributed by atoms with Crippen LogP contribution >= 0.6 is 11.3 Å². The van der Waals surface area contributed by atoms with Crippen molar-refractivity contribution in [3.05, 3.63) is 35.6 Å². The van der Waals surface area contributed by atoms with Gasteiger partial charge in [-0.15, -0.1) is 11.3 Å². The molecule has 0 bridgehead atoms. The molecule has 4 aromatic rings. The lowest BCUT2D eigenvalue weighted by Crippen LogP contribution is -2.35. The van der Waals surface area contributed by atoms with Crippen molar-refractivity contribution in [2.75, 3.05) is 18.8 Å². The number of nitrogen functional groups attached to an aromatic ring is 1. The summed E-state index contributed by atoms with van der Waals surface area (Å²) < 4.78 is 3.44. The van der Waals surface area contributed by atoms with E-state index in [4.69, 9.17) is 15.7 Å². The summed E-state index contributed by atoms with van der Waals surface area (Å²) in [5.41, 5.74) is 9.69. The number of hydrogen-bond acceptors (Lipinski definition) is 7. The Morgan fingerprint density at radius 2 is 1.92 bits per heavy atom. The van der Waals surface area contributed by atoms with Gasteiger partial charge in [0.25, 0.3) is 0 Å². The minimum absolute atomic E-state index is 0.267. The minimum atomic E-state index is -0.967. The maximum absolute atomic E-state index is 10.7. The van der Waals surface area contributed by atoms with E-state index < -0.39 is 5.60 Å². The predicted octanol–water partition coefficient (Wildman–Crippen LogP) is 4.60. The second kappa shape index (κ2) is 8.27. The number of pyridine rings is 1. The number of fused-ring (bicyclic) bond motifs is 2. The molecule has 0 aromatic carbocycles. The third-order valence-corrected chi connectivity index (χ3v) is 8.98. The molecule has 8 heteroatoms. The zero-order valence-corrected chi connectivity index (χ0v) is 21.3. The summed E-state index contributed by atoms with van der Waals surface area (Å²) in [6.45, 7) is 4.10. The van der Waals surface area contributed by atoms with Gasteiger partial charge in [0.15, 0.2) is 0 Å². The number of anilines is 1. The molecule has 7 nitrogen and oxygen atoms in total. The highest BCUT2D eigenvalue weighted by Crippen LogP contribution is 2.41. The Hall–Kier alpha value is -2.99. The molecule has 1 aliphatic heterocycles. The van der Waals surface area contributed by atoms with Crippen LogP contribution in [-0.4, -0.2) is 54.3 Å². The maximum atomic E-state index is 10.7. The molecule has 3 N–H and O–H groups in total. The van der Waals surface area contributed by atoms with Crippen molar-refractivity contribution >= 4 is 38.4 Å². The average molecular weight is 499 g/mol. The first-order chi connectivity index (χ1) is 17.5. The number of thiophene rings is 1. The van der Waals surface area contributed by atoms with E-state index in [-0.39, 0.29) is 11.9 Å². The number of nitrogens with zero attached hydrogens (tertiary/aromatic N) is 5. The molecule has 2 aliphatic carbocycles. The first-order valence-corrected chi connectivity index (χ1v) is 13.9. The molecule has 1 saturated heterocycles. The van der Waals surface area contributed by atoms with Crippen LogP contribution in [0.4, 0.5) is 5.95 Å². The zero-order chi connectivity index (χ0) is 24.4. The van der Waals surface area contributed by atoms with Crippen LogP contribution in [0.25, 0.3) is 32.4 Å². The molecular formula is C28H30N6OS. The Morgan fingerprint density at radius 3 is 2.67 bits per heavy atom. The van der Waals surface area contributed by atoms with Gasteiger partial charge in [-0.05, 0) is 74.8 Å². The lowest BCUT2D eigenvalue weighted by Gasteiger charge is -2.33. The van der Waals surface area contributed by atoms with E-state index in [0.717, 1.165) is 77.2 Å². The molecule has 5 heterocycles. The van der Waals surface area contributed by atoms with Crippen molar-refractivity contribution in [3.63, 3.8) is 0 Å². The van der Waals surface area contributed by atoms with Crippen molar-refractivity contribution in [2.45, 2.75) is 63.1 Å². The van der Waals surface area contributed by atoms with E-state index in [9.17, 15) is 5.11 Å². The average Bonchev–Trinajstić information content (AvgIpc) is 3.81. The Morgan fingerprint density at radius 1 is 1.11 bits per heavy atom. The number of rotatable bonds is 4. The molecule has 3 aliphatic rings. The summed E-state index contributed by atoms with van der Waals surface area (Å²) in [5.74, 6) is 6.78. The standard InChI is InChI=1S/C28H30N6OS/c1-28(35,17-2-3-17)10-6-18-14-21-22(25-26-23(9-13-36-26)31-27(29)32-25)16-34(24(21)15-30-18)20-7-11-33(12-8-20)19-4-5-19/h9,13-17,19-20,35H,2-5,7-8,11-12H2,1H3,(H2,29,31,32). The van der Waals surface area contributed by atoms with Gasteiger partial charge in [-0.2, -0.15) is 0 Å². The minimum Gasteiger partial charge on any atom is -0.378 e. The molecule has 36 heavy (non-hydrogen) atoms. The third kappa shape index (κ3) is 3.96. The fraction of sp³-hybridized carbons (Fsp3) is 0.464. The van der Waals surface area contributed by atoms with Crippen LogP contribution in [0, 0.1) is 17.8 Å². The smallest absolute Gasteiger partial charge is 0.221 e. The molecule has 184 valence electrons. The molecule has 1 unspecified atom stereocenters. The van der Waals surface area contributed by atoms with Gasteiger partial charge in [-0.3, -0.25) is 0 Å². The van der Waals surface area contributed by atoms with Gasteiger partial charge < -0.3 is 20.3 Å². The Balaban J connectivity index is 1.34. The first-order valence-electron chi connectivity index (χ1n) is 13.0. The highest BCUT2D eigenvalue weighted by atomic mass is 32.1. The highest BCUT2D eigenvalue weighted by Gasteiger charge is 2.38. The number of aromatic nitrogens is 4. The van der Waals surface area contributed by atoms with E-state index in [0.29, 0.717) is 11.7 Å². The summed E-state index contributed by atoms with van der Waals surface area (Å²) >= 11 is 1.64. The van der Waals surface area contributed by atoms with Crippen LogP contribution in [0.1, 0.15) is 57.2 Å². The van der Waals surface area contributed by atoms with Crippen LogP contribution in [0.3, 0.4) is 0 Å². The van der Waals surface area contributed by atoms with Gasteiger partial charge in [0.05, 0.1) is 27.6 Å². The summed E-state index contributed by atoms with van der Waals surface area (Å²) in [7, 11) is 0. The van der Waals surface area contributed by atoms with Crippen molar-refractivity contribution in [1.82, 2.24) is 24.4 Å². The molecule has 7 rings (SSSR count). The number of nitrogens with two attached hydrogens (primary N) is 1. The molecule has 0 amide bonds. The SMILES string of the molecule is CC(O)(C#Cc1cc2c(-c3nc(N)nc4ccsc34)cn(C3CCN(C4CC4)CC3)c2cn1)C1CC1. The van der Waals surface area contributed by atoms with Crippen molar-refractivity contribution in [2.24, 2.45) is 5.92 Å². The fourth-order valence-corrected chi connectivity index (χ4v) is 6.51. The molecule has 2 saturated carbocycles. The fourth-order valence-electron chi connectivity index (χ4n) is 5.68. The van der Waals surface area contributed by atoms with E-state index in [1.165, 1.54) is 12.8 Å². The van der Waals surface area contributed by atoms with Crippen LogP contribution in [0.5, 0.6) is 0 Å². The predicted molar refractivity (Wildman–Crippen MR) is 144 cm³/mol. The second-order valence-corrected chi connectivity index (χ2v) is 11.7. The Kier molecular flexibility index (Phi) is 5.11. The molecule has 3 fully saturated rings. The summed E-state index contributed by atoms with van der Waals surface area (Å²) in [6.07, 6.45) is 11.2. The third-order valence-electron chi connectivity index (χ3n) is 8.07. The van der Waals surface area contributed by atoms with E-state index in [2.05, 4.69) is 32.5 Å². The van der Waals surface area contributed by atoms with Crippen LogP contribution in [-0.2, 0) is 0 Å². The van der Waals surface area contributed by atoms with Gasteiger partial charge >= 0.3 is 0 Å². The Bertz CT molecular complexity index is 1530. The van der Waals surface area contributed by atoms with Crippen LogP contribution < -0.4 is 5.73 Å². The quantitative estimate of drug-likeness (QED) is 0.400. The van der Waals surface area contributed by atoms with Crippen molar-refractivity contribution in [1.29, 1.82) is 0 Å². The van der Waals surface area contributed by atoms with Gasteiger partial charge in [-0.1, -0.05) is 5.92 Å². The van der Waals surface area contributed by atoms with Gasteiger partial charge in [-0.25, -0.2) is 15.0 Å². The molecule has 0 spiro atoms. The number of likely N-dealkylation sites (tertiary alicyclic amines) is 1. The summed E-state index contributed by atoms with van der Waals surface area (Å²) in [4.78, 5) is 16.5. The van der Waals surface area contributed by atoms with Crippen molar-refractivity contribution < 1.29 is 5.11 Å². The highest BCUT2D eigenvalue weighted by molar-refractivity contribution is 7.17. The first kappa shape index (κ1) is 22.2. The maximum Gasteiger partial charge on any atom is 0.221 e. The topological polar surface area (TPSA) is 93.1 Å². The van der Waals surface area contributed by atoms with E-state index >= 15 is 0 Å². The molecular weight excluding hydrogens is 468 g/mol. The zero-order valence-electron chi connectivity index (χ0n) is 20.4. The monoisotopic (exact) mass is 498 g/mol. The van der Waals surface area contributed by atoms with E-state index in [1.54, 1.807) is 11.3 Å². The van der Waals surface area contributed by atoms with Crippen molar-refractivity contribution in [3.8, 4) is 23.1 Å². The molecule has 1 atom stereocenters. The number of piperidine rings is 1. The van der Waals surface area contributed by atoms with Gasteiger partial charge in [0.1, 0.15) is 11.3 Å². The number of aliphatic hydroxyl groups is 1. The lowest BCUT2D eigenvalue weighted by molar-refractivity contribution is 0.0980. The molecule has 0 radical (unpaired) electrons. The number of hydrogen-bond donors (Lipinski definition) is 2. The van der Waals surface area contributed by atoms with Gasteiger partial charge in [0.2, 0.25) is 5.95 Å². The summed E-state index contributed by atoms with van der Waals surface area (Å²) in [6, 6.07) is 5.28. The lowest BCUT2D eigenvalue weighted by atomic mass is 10.0. The van der Waals surface area contributed by atoms with Crippen LogP contribution in [0.15, 0.2) is 29.9 Å². The molecule has 4 aromatic heterocycles. The normalized spacial score (nSPS) is 20.9. The van der Waals surface area contributed by atoms with Gasteiger partial charge in [0, 0.05) is 42.3 Å². The van der Waals surface area contributed by atoms with E-state index in [1.807, 2.05) is 30.6 Å². The largest absolute Gasteiger partial charge is 0.378 e.